The van der Waals surface area contributed by atoms with Gasteiger partial charge in [-0.2, -0.15) is 0 Å². The van der Waals surface area contributed by atoms with Crippen LogP contribution in [0.15, 0.2) is 54.7 Å². The van der Waals surface area contributed by atoms with E-state index in [1.165, 1.54) is 16.8 Å². The monoisotopic (exact) mass is 277 g/mol. The molecule has 0 saturated heterocycles. The summed E-state index contributed by atoms with van der Waals surface area (Å²) in [6.07, 6.45) is 1.82. The highest BCUT2D eigenvalue weighted by atomic mass is 15.1. The van der Waals surface area contributed by atoms with E-state index in [9.17, 15) is 0 Å². The Hall–Kier alpha value is -2.55. The van der Waals surface area contributed by atoms with Crippen LogP contribution in [0.2, 0.25) is 0 Å². The fourth-order valence-corrected chi connectivity index (χ4v) is 2.59. The van der Waals surface area contributed by atoms with Crippen LogP contribution >= 0.6 is 0 Å². The molecule has 0 aliphatic carbocycles. The normalized spacial score (nSPS) is 10.8. The molecule has 1 heterocycles. The van der Waals surface area contributed by atoms with Crippen molar-refractivity contribution >= 4 is 22.3 Å². The summed E-state index contributed by atoms with van der Waals surface area (Å²) in [5, 5.41) is 1.02. The van der Waals surface area contributed by atoms with E-state index in [1.807, 2.05) is 24.4 Å². The number of aryl methyl sites for hydroxylation is 1. The van der Waals surface area contributed by atoms with Gasteiger partial charge in [-0.3, -0.25) is 4.98 Å². The van der Waals surface area contributed by atoms with Gasteiger partial charge in [-0.15, -0.1) is 0 Å². The van der Waals surface area contributed by atoms with Gasteiger partial charge in [0.1, 0.15) is 0 Å². The van der Waals surface area contributed by atoms with E-state index in [0.29, 0.717) is 0 Å². The van der Waals surface area contributed by atoms with Crippen LogP contribution in [0.1, 0.15) is 11.1 Å². The van der Waals surface area contributed by atoms with E-state index in [0.717, 1.165) is 23.1 Å². The van der Waals surface area contributed by atoms with Crippen molar-refractivity contribution in [3.8, 4) is 0 Å². The minimum absolute atomic E-state index is 0.778. The Bertz CT molecular complexity index is 780. The number of nitrogen functional groups attached to an aromatic ring is 1. The first-order valence-corrected chi connectivity index (χ1v) is 7.05. The Morgan fingerprint density at radius 2 is 1.95 bits per heavy atom. The minimum Gasteiger partial charge on any atom is -0.398 e. The summed E-state index contributed by atoms with van der Waals surface area (Å²) >= 11 is 0. The summed E-state index contributed by atoms with van der Waals surface area (Å²) in [5.41, 5.74) is 11.4. The number of nitrogens with two attached hydrogens (primary N) is 1. The maximum Gasteiger partial charge on any atom is 0.0772 e. The number of hydrogen-bond donors (Lipinski definition) is 1. The molecule has 3 nitrogen and oxygen atoms in total. The third-order valence-corrected chi connectivity index (χ3v) is 3.74. The summed E-state index contributed by atoms with van der Waals surface area (Å²) < 4.78 is 0. The van der Waals surface area contributed by atoms with Gasteiger partial charge in [-0.05, 0) is 48.4 Å². The predicted octanol–water partition coefficient (Wildman–Crippen LogP) is 3.76. The maximum atomic E-state index is 6.03. The van der Waals surface area contributed by atoms with Gasteiger partial charge >= 0.3 is 0 Å². The van der Waals surface area contributed by atoms with Gasteiger partial charge in [0.25, 0.3) is 0 Å². The van der Waals surface area contributed by atoms with Gasteiger partial charge in [0.15, 0.2) is 0 Å². The number of nitrogens with zero attached hydrogens (tertiary/aromatic N) is 2. The largest absolute Gasteiger partial charge is 0.398 e. The third-order valence-electron chi connectivity index (χ3n) is 3.74. The van der Waals surface area contributed by atoms with Crippen LogP contribution in [-0.2, 0) is 6.54 Å². The highest BCUT2D eigenvalue weighted by Gasteiger charge is 2.08. The summed E-state index contributed by atoms with van der Waals surface area (Å²) in [6.45, 7) is 2.91. The molecule has 0 unspecified atom stereocenters. The molecular formula is C18H19N3. The van der Waals surface area contributed by atoms with Crippen LogP contribution in [0.25, 0.3) is 10.9 Å². The molecule has 0 aliphatic heterocycles. The second-order valence-corrected chi connectivity index (χ2v) is 5.41. The number of rotatable bonds is 3. The van der Waals surface area contributed by atoms with Gasteiger partial charge < -0.3 is 10.6 Å². The van der Waals surface area contributed by atoms with Crippen molar-refractivity contribution in [2.75, 3.05) is 17.7 Å². The molecule has 2 aromatic carbocycles. The quantitative estimate of drug-likeness (QED) is 0.741. The molecule has 3 aromatic rings. The van der Waals surface area contributed by atoms with Gasteiger partial charge in [-0.1, -0.05) is 18.2 Å². The van der Waals surface area contributed by atoms with E-state index in [2.05, 4.69) is 54.2 Å². The van der Waals surface area contributed by atoms with Gasteiger partial charge in [-0.25, -0.2) is 0 Å². The van der Waals surface area contributed by atoms with Gasteiger partial charge in [0.05, 0.1) is 5.52 Å². The number of benzene rings is 2. The summed E-state index contributed by atoms with van der Waals surface area (Å²) in [6, 6.07) is 16.5. The van der Waals surface area contributed by atoms with Crippen molar-refractivity contribution in [2.45, 2.75) is 13.5 Å². The summed E-state index contributed by atoms with van der Waals surface area (Å²) in [7, 11) is 2.10. The van der Waals surface area contributed by atoms with Gasteiger partial charge in [0, 0.05) is 36.6 Å². The van der Waals surface area contributed by atoms with Gasteiger partial charge in [0.2, 0.25) is 0 Å². The van der Waals surface area contributed by atoms with Crippen LogP contribution in [0, 0.1) is 6.92 Å². The van der Waals surface area contributed by atoms with Crippen LogP contribution in [0.3, 0.4) is 0 Å². The van der Waals surface area contributed by atoms with Crippen molar-refractivity contribution in [3.63, 3.8) is 0 Å². The zero-order valence-electron chi connectivity index (χ0n) is 12.4. The molecule has 0 bridgehead atoms. The number of fused-ring (bicyclic) bond motifs is 1. The summed E-state index contributed by atoms with van der Waals surface area (Å²) in [5.74, 6) is 0. The van der Waals surface area contributed by atoms with Crippen molar-refractivity contribution in [2.24, 2.45) is 0 Å². The molecule has 3 heteroatoms. The number of anilines is 2. The second kappa shape index (κ2) is 5.44. The smallest absolute Gasteiger partial charge is 0.0772 e. The summed E-state index contributed by atoms with van der Waals surface area (Å²) in [4.78, 5) is 6.73. The molecule has 0 fully saturated rings. The topological polar surface area (TPSA) is 42.1 Å². The first-order valence-electron chi connectivity index (χ1n) is 7.05. The molecule has 0 saturated carbocycles. The third kappa shape index (κ3) is 2.68. The minimum atomic E-state index is 0.778. The average Bonchev–Trinajstić information content (AvgIpc) is 2.50. The fourth-order valence-electron chi connectivity index (χ4n) is 2.59. The number of pyridine rings is 1. The Kier molecular flexibility index (Phi) is 3.48. The van der Waals surface area contributed by atoms with E-state index in [4.69, 9.17) is 5.73 Å². The van der Waals surface area contributed by atoms with Crippen molar-refractivity contribution in [3.05, 3.63) is 65.9 Å². The molecule has 106 valence electrons. The SMILES string of the molecule is Cc1cccc(N(C)Cc2ccc(N)c3cccnc23)c1. The lowest BCUT2D eigenvalue weighted by atomic mass is 10.1. The Morgan fingerprint density at radius 1 is 1.10 bits per heavy atom. The van der Waals surface area contributed by atoms with E-state index in [-0.39, 0.29) is 0 Å². The van der Waals surface area contributed by atoms with Crippen molar-refractivity contribution in [1.82, 2.24) is 4.98 Å². The van der Waals surface area contributed by atoms with Crippen LogP contribution in [-0.4, -0.2) is 12.0 Å². The first-order chi connectivity index (χ1) is 10.1. The molecular weight excluding hydrogens is 258 g/mol. The molecule has 3 rings (SSSR count). The standard InChI is InChI=1S/C18H19N3/c1-13-5-3-6-15(11-13)21(2)12-14-8-9-17(19)16-7-4-10-20-18(14)16/h3-11H,12,19H2,1-2H3. The molecule has 21 heavy (non-hydrogen) atoms. The number of hydrogen-bond acceptors (Lipinski definition) is 3. The average molecular weight is 277 g/mol. The first kappa shape index (κ1) is 13.4. The molecule has 0 amide bonds. The Balaban J connectivity index is 1.97. The lowest BCUT2D eigenvalue weighted by Gasteiger charge is -2.21. The Labute approximate surface area is 125 Å². The zero-order valence-corrected chi connectivity index (χ0v) is 12.4. The lowest BCUT2D eigenvalue weighted by molar-refractivity contribution is 0.926. The van der Waals surface area contributed by atoms with E-state index >= 15 is 0 Å². The molecule has 0 aliphatic rings. The second-order valence-electron chi connectivity index (χ2n) is 5.41. The van der Waals surface area contributed by atoms with Crippen molar-refractivity contribution in [1.29, 1.82) is 0 Å². The molecule has 0 spiro atoms. The van der Waals surface area contributed by atoms with E-state index < -0.39 is 0 Å². The highest BCUT2D eigenvalue weighted by Crippen LogP contribution is 2.25. The van der Waals surface area contributed by atoms with Crippen molar-refractivity contribution < 1.29 is 0 Å². The highest BCUT2D eigenvalue weighted by molar-refractivity contribution is 5.92. The Morgan fingerprint density at radius 3 is 2.76 bits per heavy atom. The molecule has 2 N–H and O–H groups in total. The molecule has 0 atom stereocenters. The van der Waals surface area contributed by atoms with Crippen LogP contribution in [0.4, 0.5) is 11.4 Å². The number of aromatic nitrogens is 1. The predicted molar refractivity (Wildman–Crippen MR) is 89.4 cm³/mol. The molecule has 1 aromatic heterocycles. The lowest BCUT2D eigenvalue weighted by Crippen LogP contribution is -2.16. The maximum absolute atomic E-state index is 6.03. The van der Waals surface area contributed by atoms with Crippen LogP contribution < -0.4 is 10.6 Å². The molecule has 0 radical (unpaired) electrons. The fraction of sp³-hybridized carbons (Fsp3) is 0.167. The van der Waals surface area contributed by atoms with E-state index in [1.54, 1.807) is 0 Å². The van der Waals surface area contributed by atoms with Crippen LogP contribution in [0.5, 0.6) is 0 Å². The zero-order chi connectivity index (χ0) is 14.8.